The Labute approximate surface area is 96.3 Å². The monoisotopic (exact) mass is 229 g/mol. The van der Waals surface area contributed by atoms with Crippen molar-refractivity contribution in [2.24, 2.45) is 0 Å². The second-order valence-electron chi connectivity index (χ2n) is 4.61. The highest BCUT2D eigenvalue weighted by Crippen LogP contribution is 2.09. The lowest BCUT2D eigenvalue weighted by atomic mass is 10.1. The molecule has 0 rings (SSSR count). The molecule has 0 aromatic carbocycles. The molecule has 2 N–H and O–H groups in total. The number of hydrogen-bond donors (Lipinski definition) is 2. The first-order valence-corrected chi connectivity index (χ1v) is 5.23. The molecule has 0 fully saturated rings. The van der Waals surface area contributed by atoms with E-state index in [0.29, 0.717) is 23.9 Å². The number of hydrogen-bond acceptors (Lipinski definition) is 2. The van der Waals surface area contributed by atoms with Crippen molar-refractivity contribution >= 4 is 11.9 Å². The number of carboxylic acids is 1. The van der Waals surface area contributed by atoms with Crippen molar-refractivity contribution < 1.29 is 19.2 Å². The van der Waals surface area contributed by atoms with Gasteiger partial charge in [0, 0.05) is 13.0 Å². The molecule has 0 saturated heterocycles. The maximum atomic E-state index is 11.0. The lowest BCUT2D eigenvalue weighted by molar-refractivity contribution is -0.887. The summed E-state index contributed by atoms with van der Waals surface area (Å²) in [4.78, 5) is 21.8. The predicted octanol–water partition coefficient (Wildman–Crippen LogP) is 0.228. The standard InChI is InChI=1S/C11H20N2O3/c1-5-10(14)12-8-6-7-9(11(15)16)13(2,3)4/h5,9H,1,6-8H2,2-4H3,(H-,12,14,15,16)/p+1. The molecular weight excluding hydrogens is 208 g/mol. The molecule has 0 spiro atoms. The predicted molar refractivity (Wildman–Crippen MR) is 61.9 cm³/mol. The number of likely N-dealkylation sites (N-methyl/N-ethyl adjacent to an activating group) is 1. The van der Waals surface area contributed by atoms with Gasteiger partial charge in [-0.05, 0) is 12.5 Å². The van der Waals surface area contributed by atoms with E-state index in [1.165, 1.54) is 6.08 Å². The molecule has 0 aromatic heterocycles. The average molecular weight is 229 g/mol. The fourth-order valence-corrected chi connectivity index (χ4v) is 1.42. The number of amides is 1. The van der Waals surface area contributed by atoms with Crippen molar-refractivity contribution in [2.45, 2.75) is 18.9 Å². The number of carbonyl (C=O) groups excluding carboxylic acids is 1. The van der Waals surface area contributed by atoms with Gasteiger partial charge in [-0.2, -0.15) is 0 Å². The van der Waals surface area contributed by atoms with E-state index < -0.39 is 12.0 Å². The zero-order valence-corrected chi connectivity index (χ0v) is 10.2. The second kappa shape index (κ2) is 6.27. The van der Waals surface area contributed by atoms with Crippen LogP contribution in [0.15, 0.2) is 12.7 Å². The fraction of sp³-hybridized carbons (Fsp3) is 0.636. The number of rotatable bonds is 7. The Morgan fingerprint density at radius 2 is 2.00 bits per heavy atom. The molecule has 0 aliphatic carbocycles. The minimum absolute atomic E-state index is 0.225. The minimum Gasteiger partial charge on any atom is -0.477 e. The van der Waals surface area contributed by atoms with Gasteiger partial charge in [-0.25, -0.2) is 4.79 Å². The van der Waals surface area contributed by atoms with Crippen LogP contribution in [0.4, 0.5) is 0 Å². The summed E-state index contributed by atoms with van der Waals surface area (Å²) in [6.45, 7) is 3.81. The zero-order chi connectivity index (χ0) is 12.8. The number of carbonyl (C=O) groups is 2. The maximum Gasteiger partial charge on any atom is 0.362 e. The Morgan fingerprint density at radius 3 is 2.38 bits per heavy atom. The largest absolute Gasteiger partial charge is 0.477 e. The van der Waals surface area contributed by atoms with Gasteiger partial charge in [-0.3, -0.25) is 4.79 Å². The first-order chi connectivity index (χ1) is 7.29. The quantitative estimate of drug-likeness (QED) is 0.373. The van der Waals surface area contributed by atoms with E-state index in [-0.39, 0.29) is 5.91 Å². The summed E-state index contributed by atoms with van der Waals surface area (Å²) in [5.41, 5.74) is 0. The van der Waals surface area contributed by atoms with Gasteiger partial charge in [0.1, 0.15) is 0 Å². The zero-order valence-electron chi connectivity index (χ0n) is 10.2. The third kappa shape index (κ3) is 5.50. The SMILES string of the molecule is C=CC(=O)NCCCC(C(=O)O)[N+](C)(C)C. The van der Waals surface area contributed by atoms with Crippen LogP contribution in [0.5, 0.6) is 0 Å². The fourth-order valence-electron chi connectivity index (χ4n) is 1.42. The van der Waals surface area contributed by atoms with Gasteiger partial charge in [0.25, 0.3) is 0 Å². The summed E-state index contributed by atoms with van der Waals surface area (Å²) >= 11 is 0. The van der Waals surface area contributed by atoms with Crippen LogP contribution >= 0.6 is 0 Å². The third-order valence-corrected chi connectivity index (χ3v) is 2.36. The van der Waals surface area contributed by atoms with E-state index >= 15 is 0 Å². The Balaban J connectivity index is 4.01. The normalized spacial score (nSPS) is 12.9. The average Bonchev–Trinajstić information content (AvgIpc) is 2.14. The van der Waals surface area contributed by atoms with E-state index in [4.69, 9.17) is 5.11 Å². The number of carboxylic acid groups (broad SMARTS) is 1. The molecule has 0 aliphatic rings. The first-order valence-electron chi connectivity index (χ1n) is 5.23. The lowest BCUT2D eigenvalue weighted by Gasteiger charge is -2.31. The van der Waals surface area contributed by atoms with Crippen molar-refractivity contribution in [3.63, 3.8) is 0 Å². The van der Waals surface area contributed by atoms with Gasteiger partial charge < -0.3 is 14.9 Å². The molecule has 0 aliphatic heterocycles. The molecule has 5 nitrogen and oxygen atoms in total. The highest BCUT2D eigenvalue weighted by atomic mass is 16.4. The van der Waals surface area contributed by atoms with Crippen molar-refractivity contribution in [2.75, 3.05) is 27.7 Å². The third-order valence-electron chi connectivity index (χ3n) is 2.36. The molecule has 5 heteroatoms. The van der Waals surface area contributed by atoms with E-state index in [9.17, 15) is 9.59 Å². The molecule has 1 unspecified atom stereocenters. The number of nitrogens with zero attached hydrogens (tertiary/aromatic N) is 1. The second-order valence-corrected chi connectivity index (χ2v) is 4.61. The van der Waals surface area contributed by atoms with Crippen LogP contribution in [-0.2, 0) is 9.59 Å². The Hall–Kier alpha value is -1.36. The summed E-state index contributed by atoms with van der Waals surface area (Å²) in [6.07, 6.45) is 2.39. The van der Waals surface area contributed by atoms with Gasteiger partial charge in [-0.1, -0.05) is 6.58 Å². The number of quaternary nitrogens is 1. The summed E-state index contributed by atoms with van der Waals surface area (Å²) in [7, 11) is 5.54. The lowest BCUT2D eigenvalue weighted by Crippen LogP contribution is -2.50. The topological polar surface area (TPSA) is 66.4 Å². The van der Waals surface area contributed by atoms with Crippen LogP contribution in [0.2, 0.25) is 0 Å². The van der Waals surface area contributed by atoms with E-state index in [1.54, 1.807) is 0 Å². The van der Waals surface area contributed by atoms with E-state index in [0.717, 1.165) is 0 Å². The molecule has 16 heavy (non-hydrogen) atoms. The van der Waals surface area contributed by atoms with Gasteiger partial charge >= 0.3 is 5.97 Å². The van der Waals surface area contributed by atoms with Crippen LogP contribution < -0.4 is 5.32 Å². The van der Waals surface area contributed by atoms with Crippen molar-refractivity contribution in [1.82, 2.24) is 5.32 Å². The van der Waals surface area contributed by atoms with Crippen molar-refractivity contribution in [3.05, 3.63) is 12.7 Å². The number of aliphatic carboxylic acids is 1. The maximum absolute atomic E-state index is 11.0. The Morgan fingerprint density at radius 1 is 1.44 bits per heavy atom. The summed E-state index contributed by atoms with van der Waals surface area (Å²) < 4.78 is 0.380. The molecule has 0 radical (unpaired) electrons. The van der Waals surface area contributed by atoms with Gasteiger partial charge in [0.05, 0.1) is 21.1 Å². The van der Waals surface area contributed by atoms with Gasteiger partial charge in [-0.15, -0.1) is 0 Å². The van der Waals surface area contributed by atoms with E-state index in [2.05, 4.69) is 11.9 Å². The first kappa shape index (κ1) is 14.6. The summed E-state index contributed by atoms with van der Waals surface area (Å²) in [6, 6.07) is -0.444. The van der Waals surface area contributed by atoms with Crippen LogP contribution in [0.1, 0.15) is 12.8 Å². The van der Waals surface area contributed by atoms with Crippen LogP contribution in [0, 0.1) is 0 Å². The molecule has 0 saturated carbocycles. The Kier molecular flexibility index (Phi) is 5.74. The summed E-state index contributed by atoms with van der Waals surface area (Å²) in [5.74, 6) is -1.03. The molecule has 0 heterocycles. The summed E-state index contributed by atoms with van der Waals surface area (Å²) in [5, 5.41) is 11.7. The molecule has 92 valence electrons. The van der Waals surface area contributed by atoms with Crippen LogP contribution in [0.25, 0.3) is 0 Å². The molecule has 0 bridgehead atoms. The molecule has 1 amide bonds. The van der Waals surface area contributed by atoms with Crippen molar-refractivity contribution in [1.29, 1.82) is 0 Å². The Bertz CT molecular complexity index is 269. The van der Waals surface area contributed by atoms with E-state index in [1.807, 2.05) is 21.1 Å². The van der Waals surface area contributed by atoms with Crippen LogP contribution in [0.3, 0.4) is 0 Å². The smallest absolute Gasteiger partial charge is 0.362 e. The number of nitrogens with one attached hydrogen (secondary N) is 1. The van der Waals surface area contributed by atoms with Gasteiger partial charge in [0.2, 0.25) is 5.91 Å². The molecular formula is C11H21N2O3+. The van der Waals surface area contributed by atoms with Crippen molar-refractivity contribution in [3.8, 4) is 0 Å². The highest BCUT2D eigenvalue weighted by Gasteiger charge is 2.30. The molecule has 1 atom stereocenters. The molecule has 0 aromatic rings. The van der Waals surface area contributed by atoms with Crippen LogP contribution in [-0.4, -0.2) is 55.2 Å². The highest BCUT2D eigenvalue weighted by molar-refractivity contribution is 5.86. The minimum atomic E-state index is -0.803. The van der Waals surface area contributed by atoms with Gasteiger partial charge in [0.15, 0.2) is 6.04 Å².